The number of carbonyl (C=O) groups excluding carboxylic acids is 1. The highest BCUT2D eigenvalue weighted by molar-refractivity contribution is 5.73. The second-order valence-electron chi connectivity index (χ2n) is 3.28. The van der Waals surface area contributed by atoms with Gasteiger partial charge in [-0.15, -0.1) is 0 Å². The molecule has 1 amide bonds. The molecule has 5 N–H and O–H groups in total. The van der Waals surface area contributed by atoms with Crippen molar-refractivity contribution in [2.45, 2.75) is 37.5 Å². The molecule has 5 atom stereocenters. The summed E-state index contributed by atoms with van der Waals surface area (Å²) in [7, 11) is 0. The maximum atomic E-state index is 10.8. The van der Waals surface area contributed by atoms with Crippen molar-refractivity contribution in [1.29, 1.82) is 0 Å². The van der Waals surface area contributed by atoms with Gasteiger partial charge in [0.05, 0.1) is 7.98 Å². The summed E-state index contributed by atoms with van der Waals surface area (Å²) in [6.07, 6.45) is -6.38. The quantitative estimate of drug-likeness (QED) is 0.339. The molecule has 1 aliphatic heterocycles. The number of amides is 1. The van der Waals surface area contributed by atoms with Crippen LogP contribution in [0.3, 0.4) is 0 Å². The zero-order valence-corrected chi connectivity index (χ0v) is 8.12. The summed E-state index contributed by atoms with van der Waals surface area (Å²) in [5.41, 5.74) is 0. The predicted molar refractivity (Wildman–Crippen MR) is 47.6 cm³/mol. The second-order valence-corrected chi connectivity index (χ2v) is 3.28. The maximum absolute atomic E-state index is 10.8. The average molecular weight is 223 g/mol. The third-order valence-corrected chi connectivity index (χ3v) is 2.09. The number of hydrogen-bond donors (Lipinski definition) is 5. The van der Waals surface area contributed by atoms with E-state index in [4.69, 9.17) is 11.2 Å². The fraction of sp³-hybridized carbons (Fsp3) is 0.875. The van der Waals surface area contributed by atoms with E-state index in [9.17, 15) is 20.1 Å². The molecule has 1 aliphatic rings. The van der Waals surface area contributed by atoms with Gasteiger partial charge in [0.2, 0.25) is 5.91 Å². The van der Waals surface area contributed by atoms with Crippen LogP contribution in [0.5, 0.6) is 0 Å². The van der Waals surface area contributed by atoms with E-state index in [-0.39, 0.29) is 0 Å². The third kappa shape index (κ3) is 2.64. The molecule has 0 aromatic rings. The predicted octanol–water partition coefficient (Wildman–Crippen LogP) is -3.08. The smallest absolute Gasteiger partial charge is 0.217 e. The molecule has 7 nitrogen and oxygen atoms in total. The zero-order chi connectivity index (χ0) is 12.5. The zero-order valence-electron chi connectivity index (χ0n) is 9.12. The minimum Gasteiger partial charge on any atom is -0.394 e. The summed E-state index contributed by atoms with van der Waals surface area (Å²) < 4.78 is 12.4. The number of rotatable bonds is 2. The van der Waals surface area contributed by atoms with Crippen molar-refractivity contribution in [2.75, 3.05) is 6.61 Å². The van der Waals surface area contributed by atoms with Gasteiger partial charge < -0.3 is 30.5 Å². The molecule has 0 aromatic heterocycles. The SMILES string of the molecule is [3H][C@@]1(NC(C)=O)C(O)O[C@H](CO)[C@@H](O)[C@@H]1O. The van der Waals surface area contributed by atoms with Crippen LogP contribution in [-0.4, -0.2) is 63.6 Å². The first-order valence-corrected chi connectivity index (χ1v) is 4.42. The van der Waals surface area contributed by atoms with E-state index in [1.807, 2.05) is 5.32 Å². The molecule has 15 heavy (non-hydrogen) atoms. The van der Waals surface area contributed by atoms with Gasteiger partial charge in [0.15, 0.2) is 6.29 Å². The fourth-order valence-corrected chi connectivity index (χ4v) is 1.34. The normalized spacial score (nSPS) is 47.1. The maximum Gasteiger partial charge on any atom is 0.217 e. The van der Waals surface area contributed by atoms with Crippen LogP contribution in [0.2, 0.25) is 0 Å². The number of carbonyl (C=O) groups is 1. The topological polar surface area (TPSA) is 119 Å². The largest absolute Gasteiger partial charge is 0.394 e. The Balaban J connectivity index is 2.90. The summed E-state index contributed by atoms with van der Waals surface area (Å²) in [5, 5.41) is 39.3. The van der Waals surface area contributed by atoms with Crippen LogP contribution in [0.4, 0.5) is 0 Å². The van der Waals surface area contributed by atoms with E-state index in [0.29, 0.717) is 0 Å². The summed E-state index contributed by atoms with van der Waals surface area (Å²) in [4.78, 5) is 10.8. The van der Waals surface area contributed by atoms with Gasteiger partial charge in [0, 0.05) is 6.92 Å². The Bertz CT molecular complexity index is 277. The number of aliphatic hydroxyl groups excluding tert-OH is 4. The van der Waals surface area contributed by atoms with E-state index >= 15 is 0 Å². The molecule has 0 spiro atoms. The molecule has 88 valence electrons. The molecule has 1 heterocycles. The number of ether oxygens (including phenoxy) is 1. The highest BCUT2D eigenvalue weighted by Gasteiger charge is 2.43. The van der Waals surface area contributed by atoms with Gasteiger partial charge in [0.1, 0.15) is 24.3 Å². The molecular weight excluding hydrogens is 206 g/mol. The third-order valence-electron chi connectivity index (χ3n) is 2.09. The standard InChI is InChI=1S/C8H15NO6/c1-3(11)9-5-7(13)6(12)4(2-10)15-8(5)14/h4-8,10,12-14H,2H2,1H3,(H,9,11)/t4-,5+,6-,7-,8?/m1/s1/i5T. The van der Waals surface area contributed by atoms with Crippen molar-refractivity contribution in [3.05, 3.63) is 0 Å². The van der Waals surface area contributed by atoms with Crippen LogP contribution in [0.1, 0.15) is 8.29 Å². The van der Waals surface area contributed by atoms with Crippen molar-refractivity contribution in [3.63, 3.8) is 0 Å². The Labute approximate surface area is 87.7 Å². The lowest BCUT2D eigenvalue weighted by Crippen LogP contribution is -2.63. The molecule has 1 saturated heterocycles. The molecule has 0 aliphatic carbocycles. The van der Waals surface area contributed by atoms with Gasteiger partial charge in [-0.25, -0.2) is 0 Å². The summed E-state index contributed by atoms with van der Waals surface area (Å²) >= 11 is 0. The molecule has 1 fully saturated rings. The van der Waals surface area contributed by atoms with Crippen LogP contribution in [0.15, 0.2) is 0 Å². The number of aliphatic hydroxyl groups is 4. The summed E-state index contributed by atoms with van der Waals surface area (Å²) in [6, 6.07) is -2.25. The molecule has 7 heteroatoms. The lowest BCUT2D eigenvalue weighted by molar-refractivity contribution is -0.253. The second kappa shape index (κ2) is 4.86. The van der Waals surface area contributed by atoms with E-state index in [1.165, 1.54) is 0 Å². The van der Waals surface area contributed by atoms with Gasteiger partial charge in [0.25, 0.3) is 0 Å². The Morgan fingerprint density at radius 2 is 2.07 bits per heavy atom. The fourth-order valence-electron chi connectivity index (χ4n) is 1.34. The minimum absolute atomic E-state index is 0.620. The van der Waals surface area contributed by atoms with Crippen molar-refractivity contribution >= 4 is 5.91 Å². The summed E-state index contributed by atoms with van der Waals surface area (Å²) in [6.45, 7) is 0.478. The van der Waals surface area contributed by atoms with Crippen LogP contribution in [0, 0.1) is 0 Å². The Morgan fingerprint density at radius 1 is 1.47 bits per heavy atom. The van der Waals surface area contributed by atoms with Crippen LogP contribution < -0.4 is 5.32 Å². The lowest BCUT2D eigenvalue weighted by Gasteiger charge is -2.40. The first-order chi connectivity index (χ1) is 7.32. The minimum atomic E-state index is -2.25. The van der Waals surface area contributed by atoms with Crippen LogP contribution >= 0.6 is 0 Å². The van der Waals surface area contributed by atoms with Gasteiger partial charge in [-0.1, -0.05) is 0 Å². The molecule has 1 rings (SSSR count). The van der Waals surface area contributed by atoms with Gasteiger partial charge in [-0.2, -0.15) is 0 Å². The number of nitrogens with one attached hydrogen (secondary N) is 1. The molecule has 0 aromatic carbocycles. The van der Waals surface area contributed by atoms with E-state index in [1.54, 1.807) is 0 Å². The molecule has 1 unspecified atom stereocenters. The monoisotopic (exact) mass is 223 g/mol. The average Bonchev–Trinajstić information content (AvgIpc) is 2.20. The van der Waals surface area contributed by atoms with Crippen molar-refractivity contribution < 1.29 is 31.3 Å². The molecular formula is C8H15NO6. The Morgan fingerprint density at radius 3 is 2.53 bits per heavy atom. The van der Waals surface area contributed by atoms with Crippen LogP contribution in [0.25, 0.3) is 0 Å². The highest BCUT2D eigenvalue weighted by Crippen LogP contribution is 2.19. The Kier molecular flexibility index (Phi) is 3.49. The molecule has 0 radical (unpaired) electrons. The summed E-state index contributed by atoms with van der Waals surface area (Å²) in [5.74, 6) is -0.661. The Hall–Kier alpha value is -0.730. The molecule has 0 bridgehead atoms. The van der Waals surface area contributed by atoms with Crippen molar-refractivity contribution in [2.24, 2.45) is 0 Å². The van der Waals surface area contributed by atoms with Gasteiger partial charge in [-0.3, -0.25) is 4.79 Å². The lowest BCUT2D eigenvalue weighted by atomic mass is 9.97. The highest BCUT2D eigenvalue weighted by atomic mass is 16.6. The van der Waals surface area contributed by atoms with Crippen molar-refractivity contribution in [3.8, 4) is 0 Å². The van der Waals surface area contributed by atoms with E-state index in [0.717, 1.165) is 6.92 Å². The molecule has 0 saturated carbocycles. The van der Waals surface area contributed by atoms with Gasteiger partial charge >= 0.3 is 0 Å². The van der Waals surface area contributed by atoms with Crippen molar-refractivity contribution in [1.82, 2.24) is 5.32 Å². The van der Waals surface area contributed by atoms with Gasteiger partial charge in [-0.05, 0) is 0 Å². The van der Waals surface area contributed by atoms with E-state index in [2.05, 4.69) is 0 Å². The van der Waals surface area contributed by atoms with Crippen LogP contribution in [-0.2, 0) is 9.53 Å². The first-order valence-electron chi connectivity index (χ1n) is 4.92. The van der Waals surface area contributed by atoms with E-state index < -0.39 is 43.1 Å². The first kappa shape index (κ1) is 10.8. The number of hydrogen-bond acceptors (Lipinski definition) is 6.